The van der Waals surface area contributed by atoms with Crippen molar-refractivity contribution < 1.29 is 9.90 Å². The first kappa shape index (κ1) is 14.0. The maximum atomic E-state index is 12.2. The largest absolute Gasteiger partial charge is 0.396 e. The lowest BCUT2D eigenvalue weighted by Crippen LogP contribution is -2.03. The summed E-state index contributed by atoms with van der Waals surface area (Å²) in [5.41, 5.74) is 4.32. The normalized spacial score (nSPS) is 15.1. The number of fused-ring (bicyclic) bond motifs is 1. The van der Waals surface area contributed by atoms with Crippen molar-refractivity contribution in [3.63, 3.8) is 0 Å². The topological polar surface area (TPSA) is 49.3 Å². The zero-order valence-corrected chi connectivity index (χ0v) is 12.9. The average molecular weight is 344 g/mol. The fraction of sp³-hybridized carbons (Fsp3) is 0.118. The van der Waals surface area contributed by atoms with Gasteiger partial charge in [0.2, 0.25) is 0 Å². The van der Waals surface area contributed by atoms with Gasteiger partial charge in [0.25, 0.3) is 5.91 Å². The Morgan fingerprint density at radius 3 is 2.62 bits per heavy atom. The van der Waals surface area contributed by atoms with Crippen molar-refractivity contribution >= 4 is 39.2 Å². The standard InChI is InChI=1S/C17H14BrNO2/c18-13-6-4-11(5-7-13)10-14-16-12(8-9-20)2-1-3-15(16)19-17(14)21/h1-7,10,20H,8-9H2,(H,19,21)/b14-10-. The molecule has 3 nitrogen and oxygen atoms in total. The summed E-state index contributed by atoms with van der Waals surface area (Å²) in [6, 6.07) is 13.5. The van der Waals surface area contributed by atoms with Crippen molar-refractivity contribution in [3.8, 4) is 0 Å². The molecule has 3 rings (SSSR count). The SMILES string of the molecule is O=C1Nc2cccc(CCO)c2/C1=C/c1ccc(Br)cc1. The van der Waals surface area contributed by atoms with Crippen LogP contribution in [0.25, 0.3) is 11.6 Å². The molecule has 0 aliphatic carbocycles. The summed E-state index contributed by atoms with van der Waals surface area (Å²) in [5.74, 6) is -0.0988. The molecule has 4 heteroatoms. The van der Waals surface area contributed by atoms with Gasteiger partial charge in [-0.05, 0) is 41.8 Å². The number of anilines is 1. The van der Waals surface area contributed by atoms with Crippen LogP contribution in [0.1, 0.15) is 16.7 Å². The van der Waals surface area contributed by atoms with Crippen LogP contribution in [-0.4, -0.2) is 17.6 Å². The number of hydrogen-bond acceptors (Lipinski definition) is 2. The summed E-state index contributed by atoms with van der Waals surface area (Å²) in [6.45, 7) is 0.0657. The smallest absolute Gasteiger partial charge is 0.256 e. The van der Waals surface area contributed by atoms with E-state index in [0.29, 0.717) is 12.0 Å². The minimum Gasteiger partial charge on any atom is -0.396 e. The Labute approximate surface area is 131 Å². The third kappa shape index (κ3) is 2.77. The van der Waals surface area contributed by atoms with E-state index in [-0.39, 0.29) is 12.5 Å². The molecule has 0 aromatic heterocycles. The number of amides is 1. The number of aliphatic hydroxyl groups is 1. The molecule has 21 heavy (non-hydrogen) atoms. The molecular weight excluding hydrogens is 330 g/mol. The summed E-state index contributed by atoms with van der Waals surface area (Å²) in [5, 5.41) is 12.1. The predicted octanol–water partition coefficient (Wildman–Crippen LogP) is 3.48. The molecule has 2 aromatic carbocycles. The molecule has 0 fully saturated rings. The second-order valence-electron chi connectivity index (χ2n) is 4.88. The van der Waals surface area contributed by atoms with Gasteiger partial charge in [-0.3, -0.25) is 4.79 Å². The van der Waals surface area contributed by atoms with E-state index in [1.54, 1.807) is 0 Å². The van der Waals surface area contributed by atoms with Gasteiger partial charge in [0.15, 0.2) is 0 Å². The van der Waals surface area contributed by atoms with Gasteiger partial charge in [-0.2, -0.15) is 0 Å². The van der Waals surface area contributed by atoms with E-state index in [4.69, 9.17) is 0 Å². The number of carbonyl (C=O) groups is 1. The Kier molecular flexibility index (Phi) is 3.90. The highest BCUT2D eigenvalue weighted by Gasteiger charge is 2.26. The van der Waals surface area contributed by atoms with Crippen molar-refractivity contribution in [3.05, 3.63) is 63.6 Å². The fourth-order valence-electron chi connectivity index (χ4n) is 2.52. The molecule has 1 heterocycles. The molecule has 2 aromatic rings. The summed E-state index contributed by atoms with van der Waals surface area (Å²) in [4.78, 5) is 12.2. The van der Waals surface area contributed by atoms with Crippen LogP contribution in [0.2, 0.25) is 0 Å². The van der Waals surface area contributed by atoms with Crippen molar-refractivity contribution in [1.82, 2.24) is 0 Å². The van der Waals surface area contributed by atoms with Crippen LogP contribution in [0.3, 0.4) is 0 Å². The van der Waals surface area contributed by atoms with Crippen molar-refractivity contribution in [2.75, 3.05) is 11.9 Å². The van der Waals surface area contributed by atoms with Gasteiger partial charge in [-0.15, -0.1) is 0 Å². The van der Waals surface area contributed by atoms with E-state index >= 15 is 0 Å². The molecule has 1 aliphatic rings. The van der Waals surface area contributed by atoms with E-state index < -0.39 is 0 Å². The molecule has 1 amide bonds. The number of hydrogen-bond donors (Lipinski definition) is 2. The monoisotopic (exact) mass is 343 g/mol. The van der Waals surface area contributed by atoms with Gasteiger partial charge < -0.3 is 10.4 Å². The number of halogens is 1. The van der Waals surface area contributed by atoms with Gasteiger partial charge >= 0.3 is 0 Å². The van der Waals surface area contributed by atoms with Crippen LogP contribution in [0.4, 0.5) is 5.69 Å². The highest BCUT2D eigenvalue weighted by Crippen LogP contribution is 2.36. The van der Waals surface area contributed by atoms with Crippen molar-refractivity contribution in [2.24, 2.45) is 0 Å². The fourth-order valence-corrected chi connectivity index (χ4v) is 2.78. The summed E-state index contributed by atoms with van der Waals surface area (Å²) < 4.78 is 1.00. The zero-order chi connectivity index (χ0) is 14.8. The van der Waals surface area contributed by atoms with Gasteiger partial charge in [-0.25, -0.2) is 0 Å². The van der Waals surface area contributed by atoms with Gasteiger partial charge in [0.1, 0.15) is 0 Å². The van der Waals surface area contributed by atoms with Gasteiger partial charge in [0, 0.05) is 27.9 Å². The van der Waals surface area contributed by atoms with Crippen LogP contribution in [0.15, 0.2) is 46.9 Å². The van der Waals surface area contributed by atoms with Crippen molar-refractivity contribution in [2.45, 2.75) is 6.42 Å². The first-order valence-electron chi connectivity index (χ1n) is 6.71. The molecule has 0 radical (unpaired) electrons. The first-order chi connectivity index (χ1) is 10.2. The van der Waals surface area contributed by atoms with Crippen LogP contribution in [-0.2, 0) is 11.2 Å². The Hall–Kier alpha value is -1.91. The third-order valence-corrected chi connectivity index (χ3v) is 4.00. The zero-order valence-electron chi connectivity index (χ0n) is 11.3. The van der Waals surface area contributed by atoms with Crippen LogP contribution in [0, 0.1) is 0 Å². The summed E-state index contributed by atoms with van der Waals surface area (Å²) >= 11 is 3.40. The third-order valence-electron chi connectivity index (χ3n) is 3.48. The minimum atomic E-state index is -0.0988. The Morgan fingerprint density at radius 2 is 1.90 bits per heavy atom. The molecule has 0 atom stereocenters. The molecule has 0 saturated carbocycles. The Balaban J connectivity index is 2.09. The Morgan fingerprint density at radius 1 is 1.14 bits per heavy atom. The maximum absolute atomic E-state index is 12.2. The van der Waals surface area contributed by atoms with E-state index in [0.717, 1.165) is 26.9 Å². The lowest BCUT2D eigenvalue weighted by atomic mass is 9.97. The van der Waals surface area contributed by atoms with Crippen LogP contribution >= 0.6 is 15.9 Å². The summed E-state index contributed by atoms with van der Waals surface area (Å²) in [7, 11) is 0. The highest BCUT2D eigenvalue weighted by atomic mass is 79.9. The number of carbonyl (C=O) groups excluding carboxylic acids is 1. The number of rotatable bonds is 3. The number of nitrogens with one attached hydrogen (secondary N) is 1. The average Bonchev–Trinajstić information content (AvgIpc) is 2.79. The first-order valence-corrected chi connectivity index (χ1v) is 7.50. The van der Waals surface area contributed by atoms with Crippen molar-refractivity contribution in [1.29, 1.82) is 0 Å². The molecule has 1 aliphatic heterocycles. The van der Waals surface area contributed by atoms with Crippen LogP contribution in [0.5, 0.6) is 0 Å². The van der Waals surface area contributed by atoms with Gasteiger partial charge in [0.05, 0.1) is 0 Å². The molecule has 2 N–H and O–H groups in total. The molecule has 0 saturated heterocycles. The second-order valence-corrected chi connectivity index (χ2v) is 5.79. The molecule has 0 bridgehead atoms. The van der Waals surface area contributed by atoms with E-state index in [9.17, 15) is 9.90 Å². The second kappa shape index (κ2) is 5.84. The summed E-state index contributed by atoms with van der Waals surface area (Å²) in [6.07, 6.45) is 2.42. The molecule has 106 valence electrons. The maximum Gasteiger partial charge on any atom is 0.256 e. The molecule has 0 unspecified atom stereocenters. The predicted molar refractivity (Wildman–Crippen MR) is 87.9 cm³/mol. The quantitative estimate of drug-likeness (QED) is 0.838. The Bertz CT molecular complexity index is 720. The lowest BCUT2D eigenvalue weighted by molar-refractivity contribution is -0.110. The van der Waals surface area contributed by atoms with E-state index in [1.165, 1.54) is 0 Å². The highest BCUT2D eigenvalue weighted by molar-refractivity contribution is 9.10. The molecular formula is C17H14BrNO2. The van der Waals surface area contributed by atoms with Crippen LogP contribution < -0.4 is 5.32 Å². The van der Waals surface area contributed by atoms with E-state index in [2.05, 4.69) is 21.2 Å². The lowest BCUT2D eigenvalue weighted by Gasteiger charge is -2.06. The van der Waals surface area contributed by atoms with E-state index in [1.807, 2.05) is 48.5 Å². The molecule has 0 spiro atoms. The number of benzene rings is 2. The number of aliphatic hydroxyl groups excluding tert-OH is 1. The minimum absolute atomic E-state index is 0.0657. The van der Waals surface area contributed by atoms with Gasteiger partial charge in [-0.1, -0.05) is 40.2 Å².